The first kappa shape index (κ1) is 34.3. The number of anilines is 4. The van der Waals surface area contributed by atoms with Gasteiger partial charge < -0.3 is 9.71 Å². The van der Waals surface area contributed by atoms with Crippen LogP contribution in [0.5, 0.6) is 0 Å². The van der Waals surface area contributed by atoms with E-state index in [4.69, 9.17) is 0 Å². The lowest BCUT2D eigenvalue weighted by Gasteiger charge is -2.51. The highest BCUT2D eigenvalue weighted by Crippen LogP contribution is 2.57. The van der Waals surface area contributed by atoms with Gasteiger partial charge >= 0.3 is 6.85 Å². The maximum Gasteiger partial charge on any atom is 0.342 e. The van der Waals surface area contributed by atoms with Gasteiger partial charge in [-0.05, 0) is 130 Å². The number of nitrogens with zero attached hydrogens (tertiary/aromatic N) is 2. The molecule has 0 fully saturated rings. The van der Waals surface area contributed by atoms with Crippen molar-refractivity contribution >= 4 is 78.8 Å². The molecule has 2 aliphatic carbocycles. The number of hydrogen-bond donors (Lipinski definition) is 0. The van der Waals surface area contributed by atoms with Gasteiger partial charge in [0, 0.05) is 38.1 Å². The molecule has 0 unspecified atom stereocenters. The largest absolute Gasteiger partial charge is 0.375 e. The summed E-state index contributed by atoms with van der Waals surface area (Å²) in [7, 11) is 0. The lowest BCUT2D eigenvalue weighted by atomic mass is 9.42. The van der Waals surface area contributed by atoms with Crippen LogP contribution in [0.15, 0.2) is 96.2 Å². The fraction of sp³-hybridized carbons (Fsp3) is 0.308. The average molecular weight is 745 g/mol. The molecule has 11 rings (SSSR count). The Morgan fingerprint density at radius 2 is 1.64 bits per heavy atom. The van der Waals surface area contributed by atoms with Crippen LogP contribution in [0.4, 0.5) is 22.7 Å². The van der Waals surface area contributed by atoms with Gasteiger partial charge in [0.05, 0.1) is 21.8 Å². The summed E-state index contributed by atoms with van der Waals surface area (Å²) in [6, 6.07) is 33.8. The Balaban J connectivity index is 1.33. The molecule has 0 amide bonds. The van der Waals surface area contributed by atoms with Crippen LogP contribution < -0.4 is 20.6 Å². The minimum Gasteiger partial charge on any atom is -0.375 e. The van der Waals surface area contributed by atoms with Gasteiger partial charge in [-0.3, -0.25) is 0 Å². The van der Waals surface area contributed by atoms with Gasteiger partial charge in [-0.25, -0.2) is 0 Å². The van der Waals surface area contributed by atoms with E-state index in [9.17, 15) is 0 Å². The molecule has 0 saturated heterocycles. The number of fused-ring (bicyclic) bond motifs is 11. The first-order valence-corrected chi connectivity index (χ1v) is 21.7. The summed E-state index contributed by atoms with van der Waals surface area (Å²) in [5, 5.41) is 4.01. The molecule has 0 saturated carbocycles. The van der Waals surface area contributed by atoms with Gasteiger partial charge in [0.15, 0.2) is 0 Å². The number of aryl methyl sites for hydroxylation is 1. The third-order valence-electron chi connectivity index (χ3n) is 14.3. The van der Waals surface area contributed by atoms with E-state index in [1.807, 2.05) is 11.3 Å². The zero-order valence-corrected chi connectivity index (χ0v) is 34.9. The summed E-state index contributed by atoms with van der Waals surface area (Å²) in [5.41, 5.74) is 19.1. The Kier molecular flexibility index (Phi) is 7.07. The highest BCUT2D eigenvalue weighted by atomic mass is 32.1. The van der Waals surface area contributed by atoms with Crippen LogP contribution in [0.25, 0.3) is 38.1 Å². The Hall–Kier alpha value is -4.98. The summed E-state index contributed by atoms with van der Waals surface area (Å²) in [5.74, 6) is 0. The number of rotatable bonds is 3. The van der Waals surface area contributed by atoms with E-state index in [2.05, 4.69) is 168 Å². The Bertz CT molecular complexity index is 2810. The van der Waals surface area contributed by atoms with E-state index < -0.39 is 0 Å². The minimum absolute atomic E-state index is 0.0841. The normalized spacial score (nSPS) is 19.2. The van der Waals surface area contributed by atoms with Crippen molar-refractivity contribution in [1.29, 1.82) is 0 Å². The molecule has 0 spiro atoms. The van der Waals surface area contributed by atoms with Gasteiger partial charge in [0.2, 0.25) is 0 Å². The highest BCUT2D eigenvalue weighted by molar-refractivity contribution is 7.21. The van der Waals surface area contributed by atoms with Crippen LogP contribution in [-0.2, 0) is 22.7 Å². The smallest absolute Gasteiger partial charge is 0.342 e. The predicted molar refractivity (Wildman–Crippen MR) is 242 cm³/mol. The topological polar surface area (TPSA) is 6.48 Å². The third kappa shape index (κ3) is 4.36. The minimum atomic E-state index is -0.208. The number of allylic oxidation sites excluding steroid dienone is 5. The monoisotopic (exact) mass is 744 g/mol. The summed E-state index contributed by atoms with van der Waals surface area (Å²) in [6.07, 6.45) is 14.8. The number of thiophene rings is 1. The fourth-order valence-electron chi connectivity index (χ4n) is 11.3. The molecule has 6 aromatic rings. The molecule has 0 bridgehead atoms. The number of hydrogen-bond acceptors (Lipinski definition) is 3. The standard InChI is InChI=1S/C52H49BN2S/c1-9-16-39-43(10-2)54-46-33-18-12-11-17-31(33)29-37-35-24-25-36-34-19-13-14-22-44(34)56-49(36)47(35)55(32-23-26-38-41(30-32)51(5,6)28-27-50(38,3)4)53(45(37)46)42-21-15-20-40(48(42)54)52(39,7)8/h9,11-12,14,16-18,20,22-26,29-30H,10,13,19,27-28H2,1-8H3/b16-9-. The molecule has 4 heterocycles. The summed E-state index contributed by atoms with van der Waals surface area (Å²) in [6.45, 7) is 19.0. The van der Waals surface area contributed by atoms with Crippen LogP contribution in [0.3, 0.4) is 0 Å². The van der Waals surface area contributed by atoms with Gasteiger partial charge in [-0.1, -0.05) is 121 Å². The van der Waals surface area contributed by atoms with E-state index in [-0.39, 0.29) is 23.1 Å². The predicted octanol–water partition coefficient (Wildman–Crippen LogP) is 12.9. The lowest BCUT2D eigenvalue weighted by molar-refractivity contribution is 0.332. The molecular formula is C52H49BN2S. The molecule has 0 N–H and O–H groups in total. The first-order chi connectivity index (χ1) is 27.0. The highest BCUT2D eigenvalue weighted by Gasteiger charge is 2.51. The molecule has 1 aromatic heterocycles. The SMILES string of the molecule is C/C=C\C1=C(CC)N2c3c(c#ccc3C1(C)C)B1c3c(cc4ccccc4c32)-c2ccc3c4c(sc3c2N1c1ccc2c(c1)C(C)(C)CCC2(C)C)C=CCC4. The van der Waals surface area contributed by atoms with Crippen molar-refractivity contribution in [2.24, 2.45) is 0 Å². The summed E-state index contributed by atoms with van der Waals surface area (Å²) >= 11 is 1.99. The van der Waals surface area contributed by atoms with Crippen LogP contribution >= 0.6 is 11.3 Å². The van der Waals surface area contributed by atoms with Crippen LogP contribution in [0.1, 0.15) is 108 Å². The Morgan fingerprint density at radius 1 is 0.839 bits per heavy atom. The van der Waals surface area contributed by atoms with E-state index in [0.717, 1.165) is 19.3 Å². The van der Waals surface area contributed by atoms with E-state index in [1.165, 1.54) is 117 Å². The molecule has 2 nitrogen and oxygen atoms in total. The second-order valence-electron chi connectivity index (χ2n) is 18.7. The van der Waals surface area contributed by atoms with Crippen molar-refractivity contribution < 1.29 is 0 Å². The van der Waals surface area contributed by atoms with Crippen molar-refractivity contribution in [2.45, 2.75) is 104 Å². The van der Waals surface area contributed by atoms with Crippen LogP contribution in [0.2, 0.25) is 0 Å². The van der Waals surface area contributed by atoms with E-state index >= 15 is 0 Å². The Labute approximate surface area is 337 Å². The fourth-order valence-corrected chi connectivity index (χ4v) is 12.6. The molecule has 5 aliphatic rings. The zero-order valence-electron chi connectivity index (χ0n) is 34.1. The van der Waals surface area contributed by atoms with Crippen LogP contribution in [0, 0.1) is 12.1 Å². The summed E-state index contributed by atoms with van der Waals surface area (Å²) < 4.78 is 1.40. The van der Waals surface area contributed by atoms with Gasteiger partial charge in [-0.15, -0.1) is 11.3 Å². The van der Waals surface area contributed by atoms with Crippen molar-refractivity contribution in [3.05, 3.63) is 135 Å². The second-order valence-corrected chi connectivity index (χ2v) is 19.7. The molecule has 3 aliphatic heterocycles. The Morgan fingerprint density at radius 3 is 2.45 bits per heavy atom. The first-order valence-electron chi connectivity index (χ1n) is 20.8. The van der Waals surface area contributed by atoms with Crippen molar-refractivity contribution in [3.8, 4) is 11.1 Å². The molecule has 276 valence electrons. The summed E-state index contributed by atoms with van der Waals surface area (Å²) in [4.78, 5) is 6.85. The maximum atomic E-state index is 3.87. The molecular weight excluding hydrogens is 695 g/mol. The van der Waals surface area contributed by atoms with Crippen LogP contribution in [-0.4, -0.2) is 6.85 Å². The van der Waals surface area contributed by atoms with Crippen molar-refractivity contribution in [2.75, 3.05) is 9.71 Å². The van der Waals surface area contributed by atoms with Gasteiger partial charge in [0.25, 0.3) is 0 Å². The molecule has 0 atom stereocenters. The van der Waals surface area contributed by atoms with E-state index in [1.54, 1.807) is 0 Å². The number of benzene rings is 4. The van der Waals surface area contributed by atoms with Crippen molar-refractivity contribution in [3.63, 3.8) is 0 Å². The quantitative estimate of drug-likeness (QED) is 0.167. The zero-order chi connectivity index (χ0) is 38.5. The maximum absolute atomic E-state index is 3.87. The third-order valence-corrected chi connectivity index (χ3v) is 15.5. The molecule has 56 heavy (non-hydrogen) atoms. The average Bonchev–Trinajstić information content (AvgIpc) is 3.58. The van der Waals surface area contributed by atoms with Gasteiger partial charge in [-0.2, -0.15) is 0 Å². The van der Waals surface area contributed by atoms with Gasteiger partial charge in [0.1, 0.15) is 0 Å². The lowest BCUT2D eigenvalue weighted by Crippen LogP contribution is -2.63. The second kappa shape index (κ2) is 11.6. The molecule has 0 radical (unpaired) electrons. The molecule has 5 aromatic carbocycles. The van der Waals surface area contributed by atoms with E-state index in [0.29, 0.717) is 0 Å². The molecule has 4 heteroatoms. The van der Waals surface area contributed by atoms with Crippen molar-refractivity contribution in [1.82, 2.24) is 0 Å².